The first kappa shape index (κ1) is 8.51. The second-order valence-corrected chi connectivity index (χ2v) is 3.38. The minimum absolute atomic E-state index is 0.0424. The summed E-state index contributed by atoms with van der Waals surface area (Å²) in [6.07, 6.45) is 1.34. The second-order valence-electron chi connectivity index (χ2n) is 3.38. The van der Waals surface area contributed by atoms with Gasteiger partial charge in [0.1, 0.15) is 11.6 Å². The SMILES string of the molecule is COc1ccc(F)c2c1CC(N)C2. The topological polar surface area (TPSA) is 35.2 Å². The largest absolute Gasteiger partial charge is 0.496 e. The van der Waals surface area contributed by atoms with Crippen LogP contribution < -0.4 is 10.5 Å². The van der Waals surface area contributed by atoms with Crippen molar-refractivity contribution >= 4 is 0 Å². The summed E-state index contributed by atoms with van der Waals surface area (Å²) in [5.74, 6) is 0.591. The molecule has 13 heavy (non-hydrogen) atoms. The van der Waals surface area contributed by atoms with Crippen molar-refractivity contribution in [2.45, 2.75) is 18.9 Å². The Kier molecular flexibility index (Phi) is 1.96. The Hall–Kier alpha value is -1.09. The number of ether oxygens (including phenoxy) is 1. The van der Waals surface area contributed by atoms with E-state index in [1.807, 2.05) is 0 Å². The van der Waals surface area contributed by atoms with Crippen molar-refractivity contribution in [3.05, 3.63) is 29.1 Å². The van der Waals surface area contributed by atoms with Gasteiger partial charge in [-0.3, -0.25) is 0 Å². The fraction of sp³-hybridized carbons (Fsp3) is 0.400. The molecule has 0 bridgehead atoms. The maximum atomic E-state index is 13.3. The fourth-order valence-corrected chi connectivity index (χ4v) is 1.88. The molecule has 1 unspecified atom stereocenters. The molecule has 2 rings (SSSR count). The van der Waals surface area contributed by atoms with Gasteiger partial charge >= 0.3 is 0 Å². The third kappa shape index (κ3) is 1.29. The van der Waals surface area contributed by atoms with Gasteiger partial charge in [0.25, 0.3) is 0 Å². The molecule has 1 aromatic carbocycles. The minimum Gasteiger partial charge on any atom is -0.496 e. The summed E-state index contributed by atoms with van der Waals surface area (Å²) >= 11 is 0. The van der Waals surface area contributed by atoms with E-state index in [0.717, 1.165) is 23.3 Å². The number of hydrogen-bond donors (Lipinski definition) is 1. The van der Waals surface area contributed by atoms with Gasteiger partial charge in [-0.1, -0.05) is 0 Å². The van der Waals surface area contributed by atoms with E-state index < -0.39 is 0 Å². The van der Waals surface area contributed by atoms with E-state index in [4.69, 9.17) is 10.5 Å². The van der Waals surface area contributed by atoms with Crippen LogP contribution in [0.4, 0.5) is 4.39 Å². The average Bonchev–Trinajstić information content (AvgIpc) is 2.48. The lowest BCUT2D eigenvalue weighted by atomic mass is 10.1. The minimum atomic E-state index is -0.163. The first-order chi connectivity index (χ1) is 6.22. The molecule has 2 N–H and O–H groups in total. The van der Waals surface area contributed by atoms with Crippen molar-refractivity contribution in [3.63, 3.8) is 0 Å². The molecule has 0 saturated heterocycles. The van der Waals surface area contributed by atoms with E-state index in [1.165, 1.54) is 6.07 Å². The van der Waals surface area contributed by atoms with Crippen molar-refractivity contribution < 1.29 is 9.13 Å². The smallest absolute Gasteiger partial charge is 0.127 e. The first-order valence-electron chi connectivity index (χ1n) is 4.32. The number of halogens is 1. The standard InChI is InChI=1S/C10H12FNO/c1-13-10-3-2-9(11)7-4-6(12)5-8(7)10/h2-3,6H,4-5,12H2,1H3. The van der Waals surface area contributed by atoms with Crippen LogP contribution in [-0.4, -0.2) is 13.2 Å². The highest BCUT2D eigenvalue weighted by Crippen LogP contribution is 2.31. The lowest BCUT2D eigenvalue weighted by molar-refractivity contribution is 0.408. The maximum Gasteiger partial charge on any atom is 0.127 e. The van der Waals surface area contributed by atoms with Gasteiger partial charge in [-0.25, -0.2) is 4.39 Å². The Bertz CT molecular complexity index is 338. The zero-order valence-corrected chi connectivity index (χ0v) is 7.51. The lowest BCUT2D eigenvalue weighted by Gasteiger charge is -2.06. The highest BCUT2D eigenvalue weighted by molar-refractivity contribution is 5.45. The van der Waals surface area contributed by atoms with Gasteiger partial charge in [0.15, 0.2) is 0 Å². The molecule has 0 aliphatic heterocycles. The van der Waals surface area contributed by atoms with Crippen LogP contribution in [0, 0.1) is 5.82 Å². The Balaban J connectivity index is 2.52. The Morgan fingerprint density at radius 3 is 2.77 bits per heavy atom. The average molecular weight is 181 g/mol. The molecule has 2 nitrogen and oxygen atoms in total. The van der Waals surface area contributed by atoms with Crippen molar-refractivity contribution in [1.82, 2.24) is 0 Å². The van der Waals surface area contributed by atoms with Gasteiger partial charge < -0.3 is 10.5 Å². The molecule has 70 valence electrons. The van der Waals surface area contributed by atoms with Gasteiger partial charge in [0, 0.05) is 11.6 Å². The molecule has 1 aliphatic rings. The van der Waals surface area contributed by atoms with Crippen LogP contribution in [0.15, 0.2) is 12.1 Å². The molecule has 0 saturated carbocycles. The molecule has 0 radical (unpaired) electrons. The van der Waals surface area contributed by atoms with Crippen LogP contribution in [0.25, 0.3) is 0 Å². The van der Waals surface area contributed by atoms with Crippen molar-refractivity contribution in [2.75, 3.05) is 7.11 Å². The molecule has 3 heteroatoms. The Labute approximate surface area is 76.5 Å². The highest BCUT2D eigenvalue weighted by atomic mass is 19.1. The molecule has 1 aromatic rings. The number of rotatable bonds is 1. The van der Waals surface area contributed by atoms with Gasteiger partial charge in [-0.05, 0) is 30.5 Å². The molecular weight excluding hydrogens is 169 g/mol. The number of hydrogen-bond acceptors (Lipinski definition) is 2. The van der Waals surface area contributed by atoms with Crippen LogP contribution in [-0.2, 0) is 12.8 Å². The molecule has 0 aromatic heterocycles. The van der Waals surface area contributed by atoms with Gasteiger partial charge in [-0.2, -0.15) is 0 Å². The second kappa shape index (κ2) is 3.00. The van der Waals surface area contributed by atoms with E-state index in [9.17, 15) is 4.39 Å². The quantitative estimate of drug-likeness (QED) is 0.708. The summed E-state index contributed by atoms with van der Waals surface area (Å²) in [5, 5.41) is 0. The summed E-state index contributed by atoms with van der Waals surface area (Å²) in [4.78, 5) is 0. The van der Waals surface area contributed by atoms with Crippen LogP contribution in [0.2, 0.25) is 0 Å². The van der Waals surface area contributed by atoms with Crippen LogP contribution in [0.5, 0.6) is 5.75 Å². The maximum absolute atomic E-state index is 13.3. The predicted octanol–water partition coefficient (Wildman–Crippen LogP) is 1.26. The first-order valence-corrected chi connectivity index (χ1v) is 4.32. The van der Waals surface area contributed by atoms with Crippen LogP contribution in [0.1, 0.15) is 11.1 Å². The normalized spacial score (nSPS) is 20.1. The third-order valence-electron chi connectivity index (χ3n) is 2.48. The highest BCUT2D eigenvalue weighted by Gasteiger charge is 2.24. The van der Waals surface area contributed by atoms with E-state index in [0.29, 0.717) is 6.42 Å². The summed E-state index contributed by atoms with van der Waals surface area (Å²) < 4.78 is 18.4. The molecule has 0 spiro atoms. The van der Waals surface area contributed by atoms with Crippen LogP contribution in [0.3, 0.4) is 0 Å². The molecule has 0 amide bonds. The molecule has 1 aliphatic carbocycles. The zero-order valence-electron chi connectivity index (χ0n) is 7.51. The molecular formula is C10H12FNO. The van der Waals surface area contributed by atoms with E-state index in [1.54, 1.807) is 13.2 Å². The third-order valence-corrected chi connectivity index (χ3v) is 2.48. The molecule has 1 atom stereocenters. The predicted molar refractivity (Wildman–Crippen MR) is 48.3 cm³/mol. The monoisotopic (exact) mass is 181 g/mol. The number of fused-ring (bicyclic) bond motifs is 1. The Morgan fingerprint density at radius 2 is 2.08 bits per heavy atom. The summed E-state index contributed by atoms with van der Waals surface area (Å²) in [7, 11) is 1.59. The summed E-state index contributed by atoms with van der Waals surface area (Å²) in [6.45, 7) is 0. The number of benzene rings is 1. The Morgan fingerprint density at radius 1 is 1.38 bits per heavy atom. The summed E-state index contributed by atoms with van der Waals surface area (Å²) in [5.41, 5.74) is 7.42. The van der Waals surface area contributed by atoms with Crippen molar-refractivity contribution in [3.8, 4) is 5.75 Å². The van der Waals surface area contributed by atoms with Gasteiger partial charge in [0.05, 0.1) is 7.11 Å². The fourth-order valence-electron chi connectivity index (χ4n) is 1.88. The number of nitrogens with two attached hydrogens (primary N) is 1. The van der Waals surface area contributed by atoms with Gasteiger partial charge in [0.2, 0.25) is 0 Å². The molecule has 0 fully saturated rings. The lowest BCUT2D eigenvalue weighted by Crippen LogP contribution is -2.19. The van der Waals surface area contributed by atoms with Crippen molar-refractivity contribution in [2.24, 2.45) is 5.73 Å². The number of methoxy groups -OCH3 is 1. The van der Waals surface area contributed by atoms with Crippen molar-refractivity contribution in [1.29, 1.82) is 0 Å². The van der Waals surface area contributed by atoms with E-state index in [-0.39, 0.29) is 11.9 Å². The van der Waals surface area contributed by atoms with E-state index >= 15 is 0 Å². The van der Waals surface area contributed by atoms with E-state index in [2.05, 4.69) is 0 Å². The van der Waals surface area contributed by atoms with Crippen LogP contribution >= 0.6 is 0 Å². The molecule has 0 heterocycles. The summed E-state index contributed by atoms with van der Waals surface area (Å²) in [6, 6.07) is 3.14. The van der Waals surface area contributed by atoms with Gasteiger partial charge in [-0.15, -0.1) is 0 Å². The zero-order chi connectivity index (χ0) is 9.42.